The monoisotopic (exact) mass is 360 g/mol. The molecule has 136 valence electrons. The largest absolute Gasteiger partial charge is 0.357 e. The molecule has 0 spiro atoms. The highest BCUT2D eigenvalue weighted by Gasteiger charge is 2.26. The van der Waals surface area contributed by atoms with Gasteiger partial charge in [0.1, 0.15) is 6.04 Å². The summed E-state index contributed by atoms with van der Waals surface area (Å²) >= 11 is 0. The van der Waals surface area contributed by atoms with E-state index in [9.17, 15) is 4.79 Å². The van der Waals surface area contributed by atoms with Crippen LogP contribution in [0.4, 0.5) is 0 Å². The van der Waals surface area contributed by atoms with Crippen LogP contribution in [-0.2, 0) is 4.79 Å². The fourth-order valence-electron chi connectivity index (χ4n) is 3.34. The summed E-state index contributed by atoms with van der Waals surface area (Å²) in [4.78, 5) is 21.6. The molecule has 0 saturated heterocycles. The number of aromatic nitrogens is 5. The third-order valence-electron chi connectivity index (χ3n) is 4.65. The van der Waals surface area contributed by atoms with Crippen LogP contribution in [0.2, 0.25) is 0 Å². The Morgan fingerprint density at radius 2 is 2.00 bits per heavy atom. The van der Waals surface area contributed by atoms with E-state index in [1.165, 1.54) is 0 Å². The van der Waals surface area contributed by atoms with Gasteiger partial charge in [0.25, 0.3) is 0 Å². The molecule has 0 saturated carbocycles. The van der Waals surface area contributed by atoms with Gasteiger partial charge in [-0.1, -0.05) is 37.3 Å². The van der Waals surface area contributed by atoms with E-state index in [2.05, 4.69) is 20.4 Å². The van der Waals surface area contributed by atoms with E-state index in [0.717, 1.165) is 28.2 Å². The van der Waals surface area contributed by atoms with Gasteiger partial charge in [-0.3, -0.25) is 4.79 Å². The third kappa shape index (κ3) is 2.87. The lowest BCUT2D eigenvalue weighted by Crippen LogP contribution is -2.29. The molecule has 3 aromatic heterocycles. The molecule has 3 heterocycles. The second-order valence-electron chi connectivity index (χ2n) is 6.20. The normalized spacial score (nSPS) is 12.2. The van der Waals surface area contributed by atoms with Crippen LogP contribution in [0.5, 0.6) is 0 Å². The van der Waals surface area contributed by atoms with Gasteiger partial charge < -0.3 is 9.88 Å². The average molecular weight is 360 g/mol. The summed E-state index contributed by atoms with van der Waals surface area (Å²) in [5, 5.41) is 7.16. The number of rotatable bonds is 5. The molecular weight excluding hydrogens is 340 g/mol. The zero-order valence-corrected chi connectivity index (χ0v) is 15.2. The first kappa shape index (κ1) is 17.0. The molecule has 1 aromatic carbocycles. The van der Waals surface area contributed by atoms with Crippen molar-refractivity contribution in [3.8, 4) is 22.5 Å². The molecule has 27 heavy (non-hydrogen) atoms. The molecule has 0 aliphatic rings. The summed E-state index contributed by atoms with van der Waals surface area (Å²) in [6.45, 7) is 1.99. The van der Waals surface area contributed by atoms with Gasteiger partial charge in [-0.15, -0.1) is 0 Å². The van der Waals surface area contributed by atoms with E-state index in [1.54, 1.807) is 30.3 Å². The van der Waals surface area contributed by atoms with E-state index in [1.807, 2.05) is 54.1 Å². The van der Waals surface area contributed by atoms with Crippen molar-refractivity contribution in [2.75, 3.05) is 7.05 Å². The number of imidazole rings is 1. The van der Waals surface area contributed by atoms with Crippen LogP contribution in [0.25, 0.3) is 28.2 Å². The molecule has 4 rings (SSSR count). The SMILES string of the molecule is CC[C@H](C(=O)NC)n1cnc(-c2ccccc2)c1-c1cnn2cccnc12. The Labute approximate surface area is 156 Å². The van der Waals surface area contributed by atoms with Crippen molar-refractivity contribution in [1.82, 2.24) is 29.5 Å². The number of fused-ring (bicyclic) bond motifs is 1. The molecule has 0 bridgehead atoms. The lowest BCUT2D eigenvalue weighted by molar-refractivity contribution is -0.123. The lowest BCUT2D eigenvalue weighted by atomic mass is 10.1. The highest BCUT2D eigenvalue weighted by atomic mass is 16.2. The standard InChI is InChI=1S/C20H20N6O/c1-3-16(20(27)21-2)25-13-23-17(14-8-5-4-6-9-14)18(25)15-12-24-26-11-7-10-22-19(15)26/h4-13,16H,3H2,1-2H3,(H,21,27)/t16-/m1/s1. The average Bonchev–Trinajstić information content (AvgIpc) is 3.33. The molecule has 0 unspecified atom stereocenters. The molecule has 1 N–H and O–H groups in total. The lowest BCUT2D eigenvalue weighted by Gasteiger charge is -2.18. The van der Waals surface area contributed by atoms with Crippen molar-refractivity contribution in [2.45, 2.75) is 19.4 Å². The van der Waals surface area contributed by atoms with Crippen molar-refractivity contribution >= 4 is 11.6 Å². The number of amides is 1. The van der Waals surface area contributed by atoms with Crippen molar-refractivity contribution < 1.29 is 4.79 Å². The molecule has 7 heteroatoms. The number of likely N-dealkylation sites (N-methyl/N-ethyl adjacent to an activating group) is 1. The van der Waals surface area contributed by atoms with Crippen molar-refractivity contribution in [1.29, 1.82) is 0 Å². The molecule has 7 nitrogen and oxygen atoms in total. The fourth-order valence-corrected chi connectivity index (χ4v) is 3.34. The third-order valence-corrected chi connectivity index (χ3v) is 4.65. The highest BCUT2D eigenvalue weighted by molar-refractivity contribution is 5.87. The zero-order chi connectivity index (χ0) is 18.8. The van der Waals surface area contributed by atoms with Crippen LogP contribution < -0.4 is 5.32 Å². The first-order chi connectivity index (χ1) is 13.2. The maximum Gasteiger partial charge on any atom is 0.242 e. The van der Waals surface area contributed by atoms with Crippen LogP contribution in [0.1, 0.15) is 19.4 Å². The number of hydrogen-bond acceptors (Lipinski definition) is 4. The summed E-state index contributed by atoms with van der Waals surface area (Å²) < 4.78 is 3.65. The van der Waals surface area contributed by atoms with Crippen molar-refractivity contribution in [3.05, 3.63) is 61.3 Å². The number of nitrogens with one attached hydrogen (secondary N) is 1. The Morgan fingerprint density at radius 3 is 2.74 bits per heavy atom. The maximum absolute atomic E-state index is 12.5. The number of hydrogen-bond donors (Lipinski definition) is 1. The quantitative estimate of drug-likeness (QED) is 0.594. The first-order valence-corrected chi connectivity index (χ1v) is 8.87. The van der Waals surface area contributed by atoms with Gasteiger partial charge in [-0.05, 0) is 12.5 Å². The molecule has 0 fully saturated rings. The highest BCUT2D eigenvalue weighted by Crippen LogP contribution is 2.35. The Hall–Kier alpha value is -3.48. The van der Waals surface area contributed by atoms with E-state index in [4.69, 9.17) is 0 Å². The van der Waals surface area contributed by atoms with Gasteiger partial charge in [0.15, 0.2) is 5.65 Å². The van der Waals surface area contributed by atoms with Crippen molar-refractivity contribution in [3.63, 3.8) is 0 Å². The minimum Gasteiger partial charge on any atom is -0.357 e. The summed E-state index contributed by atoms with van der Waals surface area (Å²) in [6, 6.07) is 11.4. The molecule has 1 atom stereocenters. The maximum atomic E-state index is 12.5. The summed E-state index contributed by atoms with van der Waals surface area (Å²) in [6.07, 6.45) is 7.74. The van der Waals surface area contributed by atoms with E-state index in [0.29, 0.717) is 6.42 Å². The summed E-state index contributed by atoms with van der Waals surface area (Å²) in [5.41, 5.74) is 4.19. The van der Waals surface area contributed by atoms with Crippen LogP contribution in [-0.4, -0.2) is 37.1 Å². The fraction of sp³-hybridized carbons (Fsp3) is 0.200. The van der Waals surface area contributed by atoms with Gasteiger partial charge in [0.2, 0.25) is 5.91 Å². The topological polar surface area (TPSA) is 77.1 Å². The van der Waals surface area contributed by atoms with Gasteiger partial charge in [-0.2, -0.15) is 5.10 Å². The van der Waals surface area contributed by atoms with E-state index < -0.39 is 0 Å². The minimum atomic E-state index is -0.367. The van der Waals surface area contributed by atoms with Crippen LogP contribution in [0, 0.1) is 0 Å². The number of carbonyl (C=O) groups is 1. The molecular formula is C20H20N6O. The van der Waals surface area contributed by atoms with Gasteiger partial charge in [0, 0.05) is 25.0 Å². The first-order valence-electron chi connectivity index (χ1n) is 8.87. The molecule has 1 amide bonds. The van der Waals surface area contributed by atoms with Crippen LogP contribution >= 0.6 is 0 Å². The molecule has 0 aliphatic carbocycles. The van der Waals surface area contributed by atoms with Crippen LogP contribution in [0.3, 0.4) is 0 Å². The number of benzene rings is 1. The molecule has 0 aliphatic heterocycles. The van der Waals surface area contributed by atoms with Crippen molar-refractivity contribution in [2.24, 2.45) is 0 Å². The Morgan fingerprint density at radius 1 is 1.19 bits per heavy atom. The van der Waals surface area contributed by atoms with Gasteiger partial charge in [0.05, 0.1) is 29.5 Å². The predicted molar refractivity (Wildman–Crippen MR) is 103 cm³/mol. The molecule has 0 radical (unpaired) electrons. The van der Waals surface area contributed by atoms with E-state index in [-0.39, 0.29) is 11.9 Å². The smallest absolute Gasteiger partial charge is 0.242 e. The molecule has 4 aromatic rings. The second-order valence-corrected chi connectivity index (χ2v) is 6.20. The second kappa shape index (κ2) is 7.03. The van der Waals surface area contributed by atoms with Crippen LogP contribution in [0.15, 0.2) is 61.3 Å². The Balaban J connectivity index is 1.99. The number of carbonyl (C=O) groups excluding carboxylic acids is 1. The Bertz CT molecular complexity index is 1080. The summed E-state index contributed by atoms with van der Waals surface area (Å²) in [5.74, 6) is -0.0554. The predicted octanol–water partition coefficient (Wildman–Crippen LogP) is 2.96. The number of nitrogens with zero attached hydrogens (tertiary/aromatic N) is 5. The van der Waals surface area contributed by atoms with Gasteiger partial charge in [-0.25, -0.2) is 14.5 Å². The Kier molecular flexibility index (Phi) is 4.42. The summed E-state index contributed by atoms with van der Waals surface area (Å²) in [7, 11) is 1.65. The zero-order valence-electron chi connectivity index (χ0n) is 15.2. The van der Waals surface area contributed by atoms with Gasteiger partial charge >= 0.3 is 0 Å². The van der Waals surface area contributed by atoms with E-state index >= 15 is 0 Å². The minimum absolute atomic E-state index is 0.0554.